The first-order valence-corrected chi connectivity index (χ1v) is 8.02. The van der Waals surface area contributed by atoms with Crippen LogP contribution >= 0.6 is 31.9 Å². The van der Waals surface area contributed by atoms with Crippen molar-refractivity contribution in [1.29, 1.82) is 0 Å². The molecule has 0 aliphatic heterocycles. The van der Waals surface area contributed by atoms with Crippen molar-refractivity contribution >= 4 is 42.4 Å². The molecular weight excluding hydrogens is 502 g/mol. The van der Waals surface area contributed by atoms with Crippen LogP contribution in [0.1, 0.15) is 11.1 Å². The Kier molecular flexibility index (Phi) is 5.57. The maximum Gasteiger partial charge on any atom is 0.416 e. The van der Waals surface area contributed by atoms with Gasteiger partial charge in [0.1, 0.15) is 9.09 Å². The number of aromatic nitrogens is 2. The fourth-order valence-electron chi connectivity index (χ4n) is 1.89. The highest BCUT2D eigenvalue weighted by Crippen LogP contribution is 2.38. The Hall–Kier alpha value is -1.82. The average molecular weight is 508 g/mol. The second-order valence-electron chi connectivity index (χ2n) is 4.88. The van der Waals surface area contributed by atoms with Crippen molar-refractivity contribution in [3.8, 4) is 11.1 Å². The summed E-state index contributed by atoms with van der Waals surface area (Å²) < 4.78 is 77.9. The Labute approximate surface area is 158 Å². The second-order valence-corrected chi connectivity index (χ2v) is 6.42. The first kappa shape index (κ1) is 20.5. The van der Waals surface area contributed by atoms with Crippen LogP contribution in [0.25, 0.3) is 15.7 Å². The lowest BCUT2D eigenvalue weighted by Crippen LogP contribution is -2.11. The van der Waals surface area contributed by atoms with Crippen LogP contribution in [0.15, 0.2) is 35.1 Å². The zero-order valence-electron chi connectivity index (χ0n) is 12.2. The van der Waals surface area contributed by atoms with E-state index in [-0.39, 0.29) is 26.3 Å². The first-order chi connectivity index (χ1) is 11.8. The highest BCUT2D eigenvalue weighted by atomic mass is 79.9. The molecule has 2 rings (SSSR count). The monoisotopic (exact) mass is 506 g/mol. The normalized spacial score (nSPS) is 13.5. The number of rotatable bonds is 3. The molecule has 1 heterocycles. The van der Waals surface area contributed by atoms with Crippen LogP contribution in [0.4, 0.5) is 26.3 Å². The highest BCUT2D eigenvalue weighted by Gasteiger charge is 2.37. The molecule has 12 heteroatoms. The Morgan fingerprint density at radius 3 is 1.88 bits per heavy atom. The molecule has 2 aromatic rings. The molecule has 0 amide bonds. The number of carbonyl (C=O) groups is 1. The summed E-state index contributed by atoms with van der Waals surface area (Å²) >= 11 is 5.68. The third-order valence-electron chi connectivity index (χ3n) is 3.07. The van der Waals surface area contributed by atoms with Crippen molar-refractivity contribution in [3.63, 3.8) is 0 Å². The molecule has 0 unspecified atom stereocenters. The fraction of sp³-hybridized carbons (Fsp3) is 0.143. The fourth-order valence-corrected chi connectivity index (χ4v) is 2.43. The number of benzene rings is 1. The van der Waals surface area contributed by atoms with Crippen LogP contribution in [0.3, 0.4) is 0 Å². The first-order valence-electron chi connectivity index (χ1n) is 6.44. The number of aliphatic carboxylic acids is 1. The molecule has 4 nitrogen and oxygen atoms in total. The Morgan fingerprint density at radius 2 is 1.46 bits per heavy atom. The van der Waals surface area contributed by atoms with Crippen molar-refractivity contribution in [2.45, 2.75) is 12.4 Å². The van der Waals surface area contributed by atoms with E-state index in [4.69, 9.17) is 5.11 Å². The van der Waals surface area contributed by atoms with E-state index >= 15 is 0 Å². The van der Waals surface area contributed by atoms with Gasteiger partial charge in [-0.1, -0.05) is 0 Å². The molecule has 0 aliphatic carbocycles. The van der Waals surface area contributed by atoms with Crippen molar-refractivity contribution in [3.05, 3.63) is 46.2 Å². The molecule has 0 radical (unpaired) electrons. The lowest BCUT2D eigenvalue weighted by atomic mass is 10.0. The lowest BCUT2D eigenvalue weighted by Gasteiger charge is -2.13. The van der Waals surface area contributed by atoms with Gasteiger partial charge in [0, 0.05) is 11.8 Å². The summed E-state index contributed by atoms with van der Waals surface area (Å²) in [5, 5.41) is 12.6. The second kappa shape index (κ2) is 7.06. The van der Waals surface area contributed by atoms with Crippen LogP contribution in [0.2, 0.25) is 0 Å². The molecule has 1 aromatic carbocycles. The van der Waals surface area contributed by atoms with Crippen molar-refractivity contribution in [2.24, 2.45) is 0 Å². The van der Waals surface area contributed by atoms with Gasteiger partial charge in [0.15, 0.2) is 0 Å². The van der Waals surface area contributed by atoms with Crippen LogP contribution in [-0.4, -0.2) is 20.9 Å². The smallest absolute Gasteiger partial charge is 0.416 e. The summed E-state index contributed by atoms with van der Waals surface area (Å²) in [7, 11) is 0. The zero-order chi connectivity index (χ0) is 19.9. The predicted molar refractivity (Wildman–Crippen MR) is 86.4 cm³/mol. The number of alkyl halides is 6. The molecule has 0 saturated heterocycles. The van der Waals surface area contributed by atoms with Gasteiger partial charge in [-0.05, 0) is 55.6 Å². The summed E-state index contributed by atoms with van der Waals surface area (Å²) in [6, 6.07) is 1.13. The van der Waals surface area contributed by atoms with E-state index in [1.165, 1.54) is 0 Å². The van der Waals surface area contributed by atoms with E-state index in [2.05, 4.69) is 37.0 Å². The summed E-state index contributed by atoms with van der Waals surface area (Å²) in [5.41, 5.74) is -3.36. The van der Waals surface area contributed by atoms with Gasteiger partial charge < -0.3 is 5.11 Å². The maximum atomic E-state index is 12.9. The van der Waals surface area contributed by atoms with Crippen LogP contribution in [0.5, 0.6) is 0 Å². The molecular formula is C14H6Br2F6N2O2. The van der Waals surface area contributed by atoms with E-state index in [9.17, 15) is 31.1 Å². The van der Waals surface area contributed by atoms with E-state index in [0.29, 0.717) is 12.1 Å². The molecule has 0 saturated carbocycles. The number of hydrogen-bond acceptors (Lipinski definition) is 2. The van der Waals surface area contributed by atoms with E-state index in [1.54, 1.807) is 0 Å². The Balaban J connectivity index is 2.59. The molecule has 0 spiro atoms. The van der Waals surface area contributed by atoms with Gasteiger partial charge in [-0.25, -0.2) is 9.48 Å². The van der Waals surface area contributed by atoms with Gasteiger partial charge in [-0.2, -0.15) is 31.4 Å². The van der Waals surface area contributed by atoms with Gasteiger partial charge in [0.2, 0.25) is 0 Å². The standard InChI is InChI=1S/C14H6Br2F6N2O2/c15-10(12(25)26)11(16)24-5-7(4-23-24)6-1-8(13(17,18)19)3-9(2-6)14(20,21)22/h1-5H,(H,25,26). The molecule has 0 bridgehead atoms. The molecule has 1 aromatic heterocycles. The minimum absolute atomic E-state index is 0.0186. The number of halogens is 8. The molecule has 0 fully saturated rings. The highest BCUT2D eigenvalue weighted by molar-refractivity contribution is 9.16. The van der Waals surface area contributed by atoms with Crippen LogP contribution in [0, 0.1) is 0 Å². The topological polar surface area (TPSA) is 55.1 Å². The minimum atomic E-state index is -4.97. The maximum absolute atomic E-state index is 12.9. The minimum Gasteiger partial charge on any atom is -0.477 e. The number of hydrogen-bond donors (Lipinski definition) is 1. The van der Waals surface area contributed by atoms with Gasteiger partial charge >= 0.3 is 18.3 Å². The summed E-state index contributed by atoms with van der Waals surface area (Å²) in [5.74, 6) is -1.35. The van der Waals surface area contributed by atoms with Gasteiger partial charge in [-0.15, -0.1) is 0 Å². The third kappa shape index (κ3) is 4.47. The summed E-state index contributed by atoms with van der Waals surface area (Å²) in [6.07, 6.45) is -7.85. The summed E-state index contributed by atoms with van der Waals surface area (Å²) in [6.45, 7) is 0. The lowest BCUT2D eigenvalue weighted by molar-refractivity contribution is -0.143. The van der Waals surface area contributed by atoms with Crippen molar-refractivity contribution in [1.82, 2.24) is 9.78 Å². The predicted octanol–water partition coefficient (Wildman–Crippen LogP) is 5.59. The summed E-state index contributed by atoms with van der Waals surface area (Å²) in [4.78, 5) is 10.9. The van der Waals surface area contributed by atoms with E-state index in [1.807, 2.05) is 0 Å². The van der Waals surface area contributed by atoms with Gasteiger partial charge in [0.25, 0.3) is 0 Å². The molecule has 0 atom stereocenters. The largest absolute Gasteiger partial charge is 0.477 e. The van der Waals surface area contributed by atoms with E-state index < -0.39 is 29.4 Å². The number of carboxylic acids is 1. The van der Waals surface area contributed by atoms with Gasteiger partial charge in [0.05, 0.1) is 17.3 Å². The SMILES string of the molecule is O=C(O)C(Br)=C(Br)n1cc(-c2cc(C(F)(F)F)cc(C(F)(F)F)c2)cn1. The molecule has 26 heavy (non-hydrogen) atoms. The van der Waals surface area contributed by atoms with Crippen LogP contribution in [-0.2, 0) is 17.1 Å². The molecule has 0 aliphatic rings. The van der Waals surface area contributed by atoms with Crippen molar-refractivity contribution < 1.29 is 36.2 Å². The molecule has 140 valence electrons. The van der Waals surface area contributed by atoms with Crippen LogP contribution < -0.4 is 0 Å². The zero-order valence-corrected chi connectivity index (χ0v) is 15.3. The quantitative estimate of drug-likeness (QED) is 0.435. The number of nitrogens with zero attached hydrogens (tertiary/aromatic N) is 2. The number of carboxylic acid groups (broad SMARTS) is 1. The van der Waals surface area contributed by atoms with Gasteiger partial charge in [-0.3, -0.25) is 0 Å². The Bertz CT molecular complexity index is 854. The molecule has 1 N–H and O–H groups in total. The van der Waals surface area contributed by atoms with E-state index in [0.717, 1.165) is 17.1 Å². The Morgan fingerprint density at radius 1 is 0.962 bits per heavy atom. The van der Waals surface area contributed by atoms with Crippen molar-refractivity contribution in [2.75, 3.05) is 0 Å². The average Bonchev–Trinajstić information content (AvgIpc) is 3.01. The third-order valence-corrected chi connectivity index (χ3v) is 5.08.